The van der Waals surface area contributed by atoms with Gasteiger partial charge in [0.05, 0.1) is 11.8 Å². The Hall–Kier alpha value is -1.33. The Labute approximate surface area is 117 Å². The Morgan fingerprint density at radius 2 is 2.11 bits per heavy atom. The molecule has 19 heavy (non-hydrogen) atoms. The summed E-state index contributed by atoms with van der Waals surface area (Å²) in [4.78, 5) is 11.5. The minimum atomic E-state index is -0.687. The number of nitrogens with one attached hydrogen (secondary N) is 2. The number of aliphatic hydroxyl groups excluding tert-OH is 1. The van der Waals surface area contributed by atoms with E-state index in [-0.39, 0.29) is 22.7 Å². The number of benzene rings is 1. The number of carbonyl (C=O) groups excluding carboxylic acids is 1. The predicted molar refractivity (Wildman–Crippen MR) is 73.9 cm³/mol. The molecule has 1 unspecified atom stereocenters. The molecule has 0 spiro atoms. The van der Waals surface area contributed by atoms with Crippen LogP contribution in [-0.2, 0) is 0 Å². The largest absolute Gasteiger partial charge is 0.391 e. The van der Waals surface area contributed by atoms with E-state index < -0.39 is 18.0 Å². The molecule has 0 aliphatic rings. The smallest absolute Gasteiger partial charge is 0.319 e. The Morgan fingerprint density at radius 3 is 2.63 bits per heavy atom. The molecule has 2 amide bonds. The van der Waals surface area contributed by atoms with Crippen LogP contribution in [0, 0.1) is 11.2 Å². The summed E-state index contributed by atoms with van der Waals surface area (Å²) in [5.74, 6) is -0.612. The van der Waals surface area contributed by atoms with Crippen LogP contribution in [0.3, 0.4) is 0 Å². The molecule has 0 heterocycles. The molecule has 6 heteroatoms. The number of amides is 2. The molecule has 0 saturated heterocycles. The summed E-state index contributed by atoms with van der Waals surface area (Å²) in [5, 5.41) is 14.8. The zero-order valence-corrected chi connectivity index (χ0v) is 11.9. The molecule has 0 fully saturated rings. The average Bonchev–Trinajstić information content (AvgIpc) is 2.28. The molecule has 0 saturated carbocycles. The highest BCUT2D eigenvalue weighted by Gasteiger charge is 2.22. The van der Waals surface area contributed by atoms with E-state index in [2.05, 4.69) is 10.6 Å². The van der Waals surface area contributed by atoms with Gasteiger partial charge in [0.2, 0.25) is 0 Å². The fraction of sp³-hybridized carbons (Fsp3) is 0.462. The van der Waals surface area contributed by atoms with E-state index in [9.17, 15) is 14.3 Å². The Bertz CT molecular complexity index is 460. The number of hydrogen-bond donors (Lipinski definition) is 3. The van der Waals surface area contributed by atoms with Crippen LogP contribution < -0.4 is 10.6 Å². The Morgan fingerprint density at radius 1 is 1.47 bits per heavy atom. The maximum Gasteiger partial charge on any atom is 0.319 e. The van der Waals surface area contributed by atoms with Gasteiger partial charge >= 0.3 is 6.03 Å². The summed E-state index contributed by atoms with van der Waals surface area (Å²) in [5.41, 5.74) is -0.300. The minimum absolute atomic E-state index is 0.0344. The van der Waals surface area contributed by atoms with Gasteiger partial charge in [-0.25, -0.2) is 9.18 Å². The van der Waals surface area contributed by atoms with Crippen LogP contribution in [-0.4, -0.2) is 23.8 Å². The second-order valence-electron chi connectivity index (χ2n) is 5.34. The third-order valence-corrected chi connectivity index (χ3v) is 2.87. The number of rotatable bonds is 3. The Balaban J connectivity index is 2.52. The monoisotopic (exact) mass is 288 g/mol. The van der Waals surface area contributed by atoms with Gasteiger partial charge in [-0.15, -0.1) is 0 Å². The van der Waals surface area contributed by atoms with Gasteiger partial charge in [0.1, 0.15) is 5.82 Å². The van der Waals surface area contributed by atoms with Crippen molar-refractivity contribution in [2.75, 3.05) is 11.9 Å². The maximum atomic E-state index is 13.4. The molecule has 3 N–H and O–H groups in total. The van der Waals surface area contributed by atoms with Crippen molar-refractivity contribution in [3.63, 3.8) is 0 Å². The summed E-state index contributed by atoms with van der Waals surface area (Å²) in [6.45, 7) is 5.66. The summed E-state index contributed by atoms with van der Waals surface area (Å²) < 4.78 is 13.4. The third kappa shape index (κ3) is 5.04. The second-order valence-corrected chi connectivity index (χ2v) is 5.78. The van der Waals surface area contributed by atoms with Crippen molar-refractivity contribution in [3.05, 3.63) is 29.0 Å². The van der Waals surface area contributed by atoms with Crippen molar-refractivity contribution in [1.29, 1.82) is 0 Å². The van der Waals surface area contributed by atoms with Gasteiger partial charge in [0, 0.05) is 11.6 Å². The molecule has 1 aromatic rings. The van der Waals surface area contributed by atoms with Crippen molar-refractivity contribution in [2.45, 2.75) is 26.9 Å². The number of urea groups is 1. The minimum Gasteiger partial charge on any atom is -0.391 e. The van der Waals surface area contributed by atoms with Crippen LogP contribution in [0.1, 0.15) is 20.8 Å². The Kier molecular flexibility index (Phi) is 5.14. The summed E-state index contributed by atoms with van der Waals surface area (Å²) >= 11 is 5.61. The zero-order chi connectivity index (χ0) is 14.6. The van der Waals surface area contributed by atoms with Gasteiger partial charge in [-0.3, -0.25) is 0 Å². The van der Waals surface area contributed by atoms with Gasteiger partial charge in [0.25, 0.3) is 0 Å². The lowest BCUT2D eigenvalue weighted by Gasteiger charge is -2.25. The van der Waals surface area contributed by atoms with E-state index in [1.807, 2.05) is 20.8 Å². The van der Waals surface area contributed by atoms with Gasteiger partial charge < -0.3 is 15.7 Å². The predicted octanol–water partition coefficient (Wildman–Crippen LogP) is 3.01. The highest BCUT2D eigenvalue weighted by Crippen LogP contribution is 2.19. The first kappa shape index (κ1) is 15.7. The summed E-state index contributed by atoms with van der Waals surface area (Å²) in [6.07, 6.45) is -0.687. The van der Waals surface area contributed by atoms with E-state index in [4.69, 9.17) is 11.6 Å². The molecule has 4 nitrogen and oxygen atoms in total. The van der Waals surface area contributed by atoms with Gasteiger partial charge in [-0.05, 0) is 23.6 Å². The maximum absolute atomic E-state index is 13.4. The van der Waals surface area contributed by atoms with Crippen LogP contribution >= 0.6 is 11.6 Å². The highest BCUT2D eigenvalue weighted by molar-refractivity contribution is 6.30. The number of hydrogen-bond acceptors (Lipinski definition) is 2. The summed E-state index contributed by atoms with van der Waals surface area (Å²) in [6, 6.07) is 3.38. The second kappa shape index (κ2) is 6.21. The highest BCUT2D eigenvalue weighted by atomic mass is 35.5. The standard InChI is InChI=1S/C13H18ClFN2O2/c1-13(2,3)11(18)7-16-12(19)17-10-5-4-8(14)6-9(10)15/h4-6,11,18H,7H2,1-3H3,(H2,16,17,19). The molecule has 1 rings (SSSR count). The average molecular weight is 289 g/mol. The van der Waals surface area contributed by atoms with Gasteiger partial charge in [0.15, 0.2) is 0 Å². The first-order chi connectivity index (χ1) is 8.70. The fourth-order valence-electron chi connectivity index (χ4n) is 1.25. The van der Waals surface area contributed by atoms with Crippen molar-refractivity contribution in [3.8, 4) is 0 Å². The third-order valence-electron chi connectivity index (χ3n) is 2.63. The molecule has 0 aliphatic carbocycles. The van der Waals surface area contributed by atoms with Crippen molar-refractivity contribution >= 4 is 23.3 Å². The van der Waals surface area contributed by atoms with E-state index in [0.717, 1.165) is 6.07 Å². The van der Waals surface area contributed by atoms with Crippen LogP contribution in [0.2, 0.25) is 5.02 Å². The van der Waals surface area contributed by atoms with E-state index in [1.54, 1.807) is 0 Å². The molecule has 0 aromatic heterocycles. The first-order valence-electron chi connectivity index (χ1n) is 5.88. The van der Waals surface area contributed by atoms with Crippen LogP contribution in [0.15, 0.2) is 18.2 Å². The van der Waals surface area contributed by atoms with Crippen LogP contribution in [0.25, 0.3) is 0 Å². The van der Waals surface area contributed by atoms with Gasteiger partial charge in [-0.2, -0.15) is 0 Å². The van der Waals surface area contributed by atoms with Crippen molar-refractivity contribution < 1.29 is 14.3 Å². The van der Waals surface area contributed by atoms with E-state index in [0.29, 0.717) is 0 Å². The molecular weight excluding hydrogens is 271 g/mol. The normalized spacial score (nSPS) is 12.9. The topological polar surface area (TPSA) is 61.4 Å². The quantitative estimate of drug-likeness (QED) is 0.801. The van der Waals surface area contributed by atoms with Crippen molar-refractivity contribution in [1.82, 2.24) is 5.32 Å². The first-order valence-corrected chi connectivity index (χ1v) is 6.26. The molecule has 0 bridgehead atoms. The fourth-order valence-corrected chi connectivity index (χ4v) is 1.41. The van der Waals surface area contributed by atoms with E-state index in [1.165, 1.54) is 12.1 Å². The lowest BCUT2D eigenvalue weighted by atomic mass is 9.89. The number of carbonyl (C=O) groups is 1. The SMILES string of the molecule is CC(C)(C)C(O)CNC(=O)Nc1ccc(Cl)cc1F. The number of halogens is 2. The van der Waals surface area contributed by atoms with Crippen LogP contribution in [0.4, 0.5) is 14.9 Å². The lowest BCUT2D eigenvalue weighted by Crippen LogP contribution is -2.41. The zero-order valence-electron chi connectivity index (χ0n) is 11.1. The lowest BCUT2D eigenvalue weighted by molar-refractivity contribution is 0.0654. The molecule has 0 aliphatic heterocycles. The number of anilines is 1. The van der Waals surface area contributed by atoms with Crippen molar-refractivity contribution in [2.24, 2.45) is 5.41 Å². The van der Waals surface area contributed by atoms with Gasteiger partial charge in [-0.1, -0.05) is 32.4 Å². The molecule has 106 valence electrons. The van der Waals surface area contributed by atoms with Crippen LogP contribution in [0.5, 0.6) is 0 Å². The summed E-state index contributed by atoms with van der Waals surface area (Å²) in [7, 11) is 0. The van der Waals surface area contributed by atoms with E-state index >= 15 is 0 Å². The molecular formula is C13H18ClFN2O2. The number of aliphatic hydroxyl groups is 1. The molecule has 0 radical (unpaired) electrons. The molecule has 1 aromatic carbocycles. The molecule has 1 atom stereocenters.